The van der Waals surface area contributed by atoms with Gasteiger partial charge >= 0.3 is 0 Å². The van der Waals surface area contributed by atoms with Gasteiger partial charge in [-0.3, -0.25) is 0 Å². The molecule has 1 aromatic rings. The van der Waals surface area contributed by atoms with Gasteiger partial charge in [-0.05, 0) is 18.9 Å². The Balaban J connectivity index is 2.74. The highest BCUT2D eigenvalue weighted by Crippen LogP contribution is 2.16. The summed E-state index contributed by atoms with van der Waals surface area (Å²) in [5.41, 5.74) is 2.17. The zero-order valence-corrected chi connectivity index (χ0v) is 7.33. The first-order chi connectivity index (χ1) is 5.74. The van der Waals surface area contributed by atoms with Crippen LogP contribution in [0.1, 0.15) is 23.7 Å². The molecule has 1 heteroatoms. The lowest BCUT2D eigenvalue weighted by molar-refractivity contribution is 0.181. The van der Waals surface area contributed by atoms with E-state index >= 15 is 0 Å². The van der Waals surface area contributed by atoms with Crippen molar-refractivity contribution in [2.75, 3.05) is 0 Å². The molecule has 0 aliphatic heterocycles. The van der Waals surface area contributed by atoms with Crippen molar-refractivity contribution in [3.8, 4) is 0 Å². The molecular formula is C11H14O. The second-order valence-electron chi connectivity index (χ2n) is 2.95. The lowest BCUT2D eigenvalue weighted by Crippen LogP contribution is -1.94. The minimum absolute atomic E-state index is 0.400. The van der Waals surface area contributed by atoms with Gasteiger partial charge in [0.15, 0.2) is 0 Å². The number of aryl methyl sites for hydroxylation is 1. The zero-order chi connectivity index (χ0) is 8.97. The predicted molar refractivity (Wildman–Crippen MR) is 51.0 cm³/mol. The molecule has 1 N–H and O–H groups in total. The minimum Gasteiger partial charge on any atom is -0.388 e. The molecule has 1 atom stereocenters. The molecule has 0 saturated carbocycles. The van der Waals surface area contributed by atoms with Crippen molar-refractivity contribution in [1.29, 1.82) is 0 Å². The molecule has 0 fully saturated rings. The molecule has 0 aromatic heterocycles. The highest BCUT2D eigenvalue weighted by molar-refractivity contribution is 5.23. The fourth-order valence-electron chi connectivity index (χ4n) is 1.08. The van der Waals surface area contributed by atoms with Crippen LogP contribution in [0.2, 0.25) is 0 Å². The van der Waals surface area contributed by atoms with E-state index in [1.807, 2.05) is 31.2 Å². The smallest absolute Gasteiger partial charge is 0.0824 e. The van der Waals surface area contributed by atoms with E-state index in [0.29, 0.717) is 6.42 Å². The predicted octanol–water partition coefficient (Wildman–Crippen LogP) is 2.60. The van der Waals surface area contributed by atoms with Gasteiger partial charge in [0.2, 0.25) is 0 Å². The molecule has 0 amide bonds. The van der Waals surface area contributed by atoms with Crippen LogP contribution < -0.4 is 0 Å². The maximum Gasteiger partial charge on any atom is 0.0824 e. The third-order valence-electron chi connectivity index (χ3n) is 1.85. The molecule has 0 bridgehead atoms. The molecule has 1 nitrogen and oxygen atoms in total. The quantitative estimate of drug-likeness (QED) is 0.677. The van der Waals surface area contributed by atoms with E-state index in [1.165, 1.54) is 5.56 Å². The molecule has 0 unspecified atom stereocenters. The van der Waals surface area contributed by atoms with Gasteiger partial charge in [-0.15, -0.1) is 6.58 Å². The molecule has 1 aromatic carbocycles. The summed E-state index contributed by atoms with van der Waals surface area (Å²) in [6.07, 6.45) is 1.94. The SMILES string of the molecule is C=CC[C@H](O)c1ccc(C)cc1. The van der Waals surface area contributed by atoms with Crippen LogP contribution in [0, 0.1) is 6.92 Å². The van der Waals surface area contributed by atoms with E-state index in [2.05, 4.69) is 6.58 Å². The van der Waals surface area contributed by atoms with Crippen molar-refractivity contribution >= 4 is 0 Å². The van der Waals surface area contributed by atoms with E-state index in [0.717, 1.165) is 5.56 Å². The lowest BCUT2D eigenvalue weighted by atomic mass is 10.1. The Labute approximate surface area is 73.4 Å². The van der Waals surface area contributed by atoms with Gasteiger partial charge < -0.3 is 5.11 Å². The van der Waals surface area contributed by atoms with Crippen LogP contribution in [-0.4, -0.2) is 5.11 Å². The summed E-state index contributed by atoms with van der Waals surface area (Å²) in [7, 11) is 0. The number of benzene rings is 1. The lowest BCUT2D eigenvalue weighted by Gasteiger charge is -2.07. The van der Waals surface area contributed by atoms with E-state index in [4.69, 9.17) is 0 Å². The second kappa shape index (κ2) is 4.07. The van der Waals surface area contributed by atoms with E-state index in [-0.39, 0.29) is 0 Å². The topological polar surface area (TPSA) is 20.2 Å². The van der Waals surface area contributed by atoms with Gasteiger partial charge in [0.1, 0.15) is 0 Å². The first-order valence-corrected chi connectivity index (χ1v) is 4.09. The Kier molecular flexibility index (Phi) is 3.06. The van der Waals surface area contributed by atoms with Gasteiger partial charge in [0, 0.05) is 0 Å². The van der Waals surface area contributed by atoms with Crippen LogP contribution in [0.5, 0.6) is 0 Å². The number of hydrogen-bond donors (Lipinski definition) is 1. The molecule has 0 spiro atoms. The molecule has 12 heavy (non-hydrogen) atoms. The molecule has 0 heterocycles. The second-order valence-corrected chi connectivity index (χ2v) is 2.95. The number of hydrogen-bond acceptors (Lipinski definition) is 1. The van der Waals surface area contributed by atoms with Crippen molar-refractivity contribution in [3.63, 3.8) is 0 Å². The summed E-state index contributed by atoms with van der Waals surface area (Å²) < 4.78 is 0. The summed E-state index contributed by atoms with van der Waals surface area (Å²) in [6, 6.07) is 7.90. The maximum atomic E-state index is 9.54. The van der Waals surface area contributed by atoms with E-state index < -0.39 is 6.10 Å². The summed E-state index contributed by atoms with van der Waals surface area (Å²) in [4.78, 5) is 0. The molecule has 0 saturated heterocycles. The van der Waals surface area contributed by atoms with Crippen LogP contribution >= 0.6 is 0 Å². The Morgan fingerprint density at radius 3 is 2.50 bits per heavy atom. The van der Waals surface area contributed by atoms with Crippen molar-refractivity contribution in [2.45, 2.75) is 19.4 Å². The minimum atomic E-state index is -0.400. The summed E-state index contributed by atoms with van der Waals surface area (Å²) in [6.45, 7) is 5.62. The third kappa shape index (κ3) is 2.21. The Hall–Kier alpha value is -1.08. The third-order valence-corrected chi connectivity index (χ3v) is 1.85. The van der Waals surface area contributed by atoms with Gasteiger partial charge in [-0.2, -0.15) is 0 Å². The molecule has 0 aliphatic carbocycles. The summed E-state index contributed by atoms with van der Waals surface area (Å²) in [5, 5.41) is 9.54. The Morgan fingerprint density at radius 1 is 1.42 bits per heavy atom. The van der Waals surface area contributed by atoms with Crippen LogP contribution in [0.15, 0.2) is 36.9 Å². The number of aliphatic hydroxyl groups excluding tert-OH is 1. The first-order valence-electron chi connectivity index (χ1n) is 4.09. The number of aliphatic hydroxyl groups is 1. The molecule has 0 aliphatic rings. The van der Waals surface area contributed by atoms with E-state index in [1.54, 1.807) is 6.08 Å². The molecule has 1 rings (SSSR count). The highest BCUT2D eigenvalue weighted by Gasteiger charge is 2.03. The zero-order valence-electron chi connectivity index (χ0n) is 7.33. The first kappa shape index (κ1) is 9.01. The van der Waals surface area contributed by atoms with E-state index in [9.17, 15) is 5.11 Å². The standard InChI is InChI=1S/C11H14O/c1-3-4-11(12)10-7-5-9(2)6-8-10/h3,5-8,11-12H,1,4H2,2H3/t11-/m0/s1. The van der Waals surface area contributed by atoms with Crippen molar-refractivity contribution in [1.82, 2.24) is 0 Å². The van der Waals surface area contributed by atoms with Crippen molar-refractivity contribution < 1.29 is 5.11 Å². The van der Waals surface area contributed by atoms with Crippen LogP contribution in [0.25, 0.3) is 0 Å². The average molecular weight is 162 g/mol. The fourth-order valence-corrected chi connectivity index (χ4v) is 1.08. The monoisotopic (exact) mass is 162 g/mol. The van der Waals surface area contributed by atoms with Crippen LogP contribution in [-0.2, 0) is 0 Å². The largest absolute Gasteiger partial charge is 0.388 e. The van der Waals surface area contributed by atoms with Crippen LogP contribution in [0.4, 0.5) is 0 Å². The van der Waals surface area contributed by atoms with Gasteiger partial charge in [0.05, 0.1) is 6.10 Å². The van der Waals surface area contributed by atoms with Crippen LogP contribution in [0.3, 0.4) is 0 Å². The maximum absolute atomic E-state index is 9.54. The van der Waals surface area contributed by atoms with Gasteiger partial charge in [0.25, 0.3) is 0 Å². The average Bonchev–Trinajstić information content (AvgIpc) is 2.06. The van der Waals surface area contributed by atoms with Crippen molar-refractivity contribution in [2.24, 2.45) is 0 Å². The normalized spacial score (nSPS) is 12.5. The van der Waals surface area contributed by atoms with Crippen molar-refractivity contribution in [3.05, 3.63) is 48.0 Å². The van der Waals surface area contributed by atoms with Gasteiger partial charge in [-0.1, -0.05) is 35.9 Å². The molecular weight excluding hydrogens is 148 g/mol. The Bertz CT molecular complexity index is 248. The molecule has 0 radical (unpaired) electrons. The summed E-state index contributed by atoms with van der Waals surface area (Å²) in [5.74, 6) is 0. The highest BCUT2D eigenvalue weighted by atomic mass is 16.3. The fraction of sp³-hybridized carbons (Fsp3) is 0.273. The molecule has 64 valence electrons. The summed E-state index contributed by atoms with van der Waals surface area (Å²) >= 11 is 0. The Morgan fingerprint density at radius 2 is 2.00 bits per heavy atom. The van der Waals surface area contributed by atoms with Gasteiger partial charge in [-0.25, -0.2) is 0 Å². The number of rotatable bonds is 3.